The molecule has 3 aromatic carbocycles. The van der Waals surface area contributed by atoms with Crippen molar-refractivity contribution in [1.29, 1.82) is 0 Å². The van der Waals surface area contributed by atoms with Gasteiger partial charge in [0.1, 0.15) is 18.1 Å². The molecule has 0 saturated carbocycles. The van der Waals surface area contributed by atoms with Gasteiger partial charge in [-0.25, -0.2) is 8.42 Å². The van der Waals surface area contributed by atoms with Crippen LogP contribution in [0.4, 0.5) is 5.69 Å². The van der Waals surface area contributed by atoms with Crippen LogP contribution in [0.15, 0.2) is 83.8 Å². The molecule has 0 radical (unpaired) electrons. The SMILES string of the molecule is COc1ccc(S(=O)(=O)N2CCCC(C(=O)Nc3ccc(OCc4ccccc4)cc3)C2)cc1. The van der Waals surface area contributed by atoms with Crippen molar-refractivity contribution in [2.24, 2.45) is 5.92 Å². The molecule has 1 aliphatic rings. The summed E-state index contributed by atoms with van der Waals surface area (Å²) in [6.07, 6.45) is 1.26. The van der Waals surface area contributed by atoms with Crippen LogP contribution < -0.4 is 14.8 Å². The van der Waals surface area contributed by atoms with Gasteiger partial charge in [0.25, 0.3) is 0 Å². The van der Waals surface area contributed by atoms with E-state index < -0.39 is 15.9 Å². The topological polar surface area (TPSA) is 84.9 Å². The first kappa shape index (κ1) is 23.8. The monoisotopic (exact) mass is 480 g/mol. The number of amides is 1. The zero-order chi connectivity index (χ0) is 24.0. The van der Waals surface area contributed by atoms with Crippen LogP contribution in [-0.2, 0) is 21.4 Å². The van der Waals surface area contributed by atoms with Gasteiger partial charge in [0.15, 0.2) is 0 Å². The highest BCUT2D eigenvalue weighted by Gasteiger charge is 2.33. The van der Waals surface area contributed by atoms with Crippen molar-refractivity contribution in [3.8, 4) is 11.5 Å². The highest BCUT2D eigenvalue weighted by molar-refractivity contribution is 7.89. The molecule has 1 N–H and O–H groups in total. The standard InChI is InChI=1S/C26H28N2O5S/c1-32-23-13-15-25(16-14-23)34(30,31)28-17-5-8-21(18-28)26(29)27-22-9-11-24(12-10-22)33-19-20-6-3-2-4-7-20/h2-4,6-7,9-16,21H,5,8,17-19H2,1H3,(H,27,29). The van der Waals surface area contributed by atoms with E-state index in [1.165, 1.54) is 23.5 Å². The van der Waals surface area contributed by atoms with Gasteiger partial charge in [-0.15, -0.1) is 0 Å². The summed E-state index contributed by atoms with van der Waals surface area (Å²) < 4.78 is 38.4. The third-order valence-corrected chi connectivity index (χ3v) is 7.70. The van der Waals surface area contributed by atoms with Gasteiger partial charge >= 0.3 is 0 Å². The molecule has 7 nitrogen and oxygen atoms in total. The number of sulfonamides is 1. The second kappa shape index (κ2) is 10.7. The van der Waals surface area contributed by atoms with Crippen LogP contribution in [0.2, 0.25) is 0 Å². The molecule has 1 aliphatic heterocycles. The maximum atomic E-state index is 13.1. The number of nitrogens with zero attached hydrogens (tertiary/aromatic N) is 1. The third-order valence-electron chi connectivity index (χ3n) is 5.82. The summed E-state index contributed by atoms with van der Waals surface area (Å²) in [6, 6.07) is 23.4. The van der Waals surface area contributed by atoms with Gasteiger partial charge in [-0.1, -0.05) is 30.3 Å². The fourth-order valence-electron chi connectivity index (χ4n) is 3.89. The highest BCUT2D eigenvalue weighted by Crippen LogP contribution is 2.26. The van der Waals surface area contributed by atoms with Crippen LogP contribution in [0.5, 0.6) is 11.5 Å². The van der Waals surface area contributed by atoms with E-state index in [1.54, 1.807) is 36.4 Å². The van der Waals surface area contributed by atoms with E-state index in [0.29, 0.717) is 43.2 Å². The van der Waals surface area contributed by atoms with Gasteiger partial charge < -0.3 is 14.8 Å². The van der Waals surface area contributed by atoms with E-state index in [9.17, 15) is 13.2 Å². The van der Waals surface area contributed by atoms with Crippen LogP contribution in [-0.4, -0.2) is 38.8 Å². The summed E-state index contributed by atoms with van der Waals surface area (Å²) in [6.45, 7) is 1.01. The summed E-state index contributed by atoms with van der Waals surface area (Å²) in [5.74, 6) is 0.686. The summed E-state index contributed by atoms with van der Waals surface area (Å²) in [4.78, 5) is 13.1. The minimum atomic E-state index is -3.68. The molecular formula is C26H28N2O5S. The van der Waals surface area contributed by atoms with E-state index >= 15 is 0 Å². The number of methoxy groups -OCH3 is 1. The van der Waals surface area contributed by atoms with Crippen LogP contribution in [0.1, 0.15) is 18.4 Å². The van der Waals surface area contributed by atoms with Crippen molar-refractivity contribution < 1.29 is 22.7 Å². The van der Waals surface area contributed by atoms with Crippen molar-refractivity contribution in [3.63, 3.8) is 0 Å². The van der Waals surface area contributed by atoms with E-state index in [4.69, 9.17) is 9.47 Å². The number of nitrogens with one attached hydrogen (secondary N) is 1. The number of carbonyl (C=O) groups is 1. The Labute approximate surface area is 200 Å². The van der Waals surface area contributed by atoms with Gasteiger partial charge in [-0.05, 0) is 66.9 Å². The average Bonchev–Trinajstić information content (AvgIpc) is 2.89. The molecule has 0 bridgehead atoms. The molecule has 4 rings (SSSR count). The number of hydrogen-bond acceptors (Lipinski definition) is 5. The molecule has 3 aromatic rings. The molecule has 1 fully saturated rings. The first-order valence-electron chi connectivity index (χ1n) is 11.2. The third kappa shape index (κ3) is 5.76. The normalized spacial score (nSPS) is 16.6. The Bertz CT molecular complexity index is 1200. The lowest BCUT2D eigenvalue weighted by Crippen LogP contribution is -2.43. The molecule has 0 aromatic heterocycles. The lowest BCUT2D eigenvalue weighted by molar-refractivity contribution is -0.120. The minimum Gasteiger partial charge on any atom is -0.497 e. The zero-order valence-corrected chi connectivity index (χ0v) is 19.8. The Morgan fingerprint density at radius 3 is 2.32 bits per heavy atom. The fraction of sp³-hybridized carbons (Fsp3) is 0.269. The van der Waals surface area contributed by atoms with E-state index in [2.05, 4.69) is 5.32 Å². The Balaban J connectivity index is 1.34. The molecule has 0 spiro atoms. The number of carbonyl (C=O) groups excluding carboxylic acids is 1. The molecular weight excluding hydrogens is 452 g/mol. The quantitative estimate of drug-likeness (QED) is 0.519. The first-order chi connectivity index (χ1) is 16.5. The molecule has 178 valence electrons. The second-order valence-electron chi connectivity index (χ2n) is 8.17. The van der Waals surface area contributed by atoms with E-state index in [1.807, 2.05) is 30.3 Å². The van der Waals surface area contributed by atoms with Crippen LogP contribution in [0.3, 0.4) is 0 Å². The van der Waals surface area contributed by atoms with Crippen molar-refractivity contribution in [3.05, 3.63) is 84.4 Å². The molecule has 1 atom stereocenters. The second-order valence-corrected chi connectivity index (χ2v) is 10.1. The van der Waals surface area contributed by atoms with Gasteiger partial charge in [0.2, 0.25) is 15.9 Å². The molecule has 1 unspecified atom stereocenters. The average molecular weight is 481 g/mol. The molecule has 1 heterocycles. The fourth-order valence-corrected chi connectivity index (χ4v) is 5.42. The summed E-state index contributed by atoms with van der Waals surface area (Å²) in [5.41, 5.74) is 1.72. The van der Waals surface area contributed by atoms with Crippen LogP contribution in [0.25, 0.3) is 0 Å². The Hall–Kier alpha value is -3.36. The first-order valence-corrected chi connectivity index (χ1v) is 12.6. The van der Waals surface area contributed by atoms with Gasteiger partial charge in [0.05, 0.1) is 17.9 Å². The smallest absolute Gasteiger partial charge is 0.243 e. The predicted octanol–water partition coefficient (Wildman–Crippen LogP) is 4.31. The van der Waals surface area contributed by atoms with Crippen LogP contribution in [0, 0.1) is 5.92 Å². The van der Waals surface area contributed by atoms with E-state index in [0.717, 1.165) is 5.56 Å². The minimum absolute atomic E-state index is 0.151. The highest BCUT2D eigenvalue weighted by atomic mass is 32.2. The zero-order valence-electron chi connectivity index (χ0n) is 19.0. The molecule has 34 heavy (non-hydrogen) atoms. The lowest BCUT2D eigenvalue weighted by atomic mass is 9.99. The Kier molecular flexibility index (Phi) is 7.49. The van der Waals surface area contributed by atoms with Gasteiger partial charge in [0, 0.05) is 18.8 Å². The summed E-state index contributed by atoms with van der Waals surface area (Å²) >= 11 is 0. The number of rotatable bonds is 8. The number of ether oxygens (including phenoxy) is 2. The molecule has 1 saturated heterocycles. The molecule has 8 heteroatoms. The lowest BCUT2D eigenvalue weighted by Gasteiger charge is -2.31. The number of hydrogen-bond donors (Lipinski definition) is 1. The predicted molar refractivity (Wildman–Crippen MR) is 130 cm³/mol. The molecule has 1 amide bonds. The van der Waals surface area contributed by atoms with Crippen molar-refractivity contribution >= 4 is 21.6 Å². The van der Waals surface area contributed by atoms with Crippen molar-refractivity contribution in [2.75, 3.05) is 25.5 Å². The van der Waals surface area contributed by atoms with Crippen molar-refractivity contribution in [2.45, 2.75) is 24.3 Å². The van der Waals surface area contributed by atoms with Crippen molar-refractivity contribution in [1.82, 2.24) is 4.31 Å². The summed E-state index contributed by atoms with van der Waals surface area (Å²) in [5, 5.41) is 2.91. The number of anilines is 1. The van der Waals surface area contributed by atoms with E-state index in [-0.39, 0.29) is 17.3 Å². The summed E-state index contributed by atoms with van der Waals surface area (Å²) in [7, 11) is -2.15. The Morgan fingerprint density at radius 1 is 0.971 bits per heavy atom. The maximum Gasteiger partial charge on any atom is 0.243 e. The van der Waals surface area contributed by atoms with Crippen LogP contribution >= 0.6 is 0 Å². The number of benzene rings is 3. The van der Waals surface area contributed by atoms with Gasteiger partial charge in [-0.2, -0.15) is 4.31 Å². The maximum absolute atomic E-state index is 13.1. The van der Waals surface area contributed by atoms with Gasteiger partial charge in [-0.3, -0.25) is 4.79 Å². The molecule has 0 aliphatic carbocycles. The largest absolute Gasteiger partial charge is 0.497 e. The number of piperidine rings is 1. The Morgan fingerprint density at radius 2 is 1.65 bits per heavy atom.